The molecule has 0 N–H and O–H groups in total. The van der Waals surface area contributed by atoms with Gasteiger partial charge in [-0.25, -0.2) is 4.98 Å². The minimum atomic E-state index is -5.35. The van der Waals surface area contributed by atoms with E-state index in [1.807, 2.05) is 0 Å². The number of ether oxygens (including phenoxy) is 3. The molecule has 0 aliphatic heterocycles. The molecule has 0 saturated carbocycles. The summed E-state index contributed by atoms with van der Waals surface area (Å²) in [6.07, 6.45) is -7.41. The van der Waals surface area contributed by atoms with E-state index in [4.69, 9.17) is 25.8 Å². The van der Waals surface area contributed by atoms with E-state index in [9.17, 15) is 27.6 Å². The summed E-state index contributed by atoms with van der Waals surface area (Å²) in [7, 11) is 2.43. The van der Waals surface area contributed by atoms with Crippen LogP contribution in [0.1, 0.15) is 18.6 Å². The van der Waals surface area contributed by atoms with Gasteiger partial charge >= 0.3 is 18.1 Å². The van der Waals surface area contributed by atoms with Gasteiger partial charge < -0.3 is 14.2 Å². The van der Waals surface area contributed by atoms with Crippen LogP contribution in [0.4, 0.5) is 13.2 Å². The molecule has 12 heteroatoms. The predicted molar refractivity (Wildman–Crippen MR) is 84.7 cm³/mol. The van der Waals surface area contributed by atoms with Crippen molar-refractivity contribution in [2.75, 3.05) is 20.8 Å². The van der Waals surface area contributed by atoms with Crippen LogP contribution >= 0.6 is 11.6 Å². The Bertz CT molecular complexity index is 700. The van der Waals surface area contributed by atoms with Crippen molar-refractivity contribution in [3.63, 3.8) is 0 Å². The van der Waals surface area contributed by atoms with Gasteiger partial charge in [-0.05, 0) is 23.2 Å². The Labute approximate surface area is 157 Å². The van der Waals surface area contributed by atoms with Crippen LogP contribution in [0.25, 0.3) is 0 Å². The lowest BCUT2D eigenvalue weighted by Gasteiger charge is -2.35. The van der Waals surface area contributed by atoms with Gasteiger partial charge in [0.2, 0.25) is 17.4 Å². The number of carbonyl (C=O) groups excluding carboxylic acids is 3. The zero-order chi connectivity index (χ0) is 20.8. The molecule has 0 aromatic carbocycles. The average molecular weight is 413 g/mol. The first-order chi connectivity index (χ1) is 12.5. The quantitative estimate of drug-likeness (QED) is 0.365. The topological polar surface area (TPSA) is 95.0 Å². The summed E-state index contributed by atoms with van der Waals surface area (Å²) in [5.74, 6) is -3.34. The van der Waals surface area contributed by atoms with Crippen LogP contribution in [-0.2, 0) is 23.9 Å². The summed E-state index contributed by atoms with van der Waals surface area (Å²) >= 11 is 5.18. The van der Waals surface area contributed by atoms with E-state index in [1.54, 1.807) is 0 Å². The summed E-state index contributed by atoms with van der Waals surface area (Å²) < 4.78 is 53.9. The van der Waals surface area contributed by atoms with Crippen LogP contribution in [0.5, 0.6) is 5.88 Å². The number of amides is 1. The zero-order valence-electron chi connectivity index (χ0n) is 14.4. The fourth-order valence-electron chi connectivity index (χ4n) is 2.16. The molecule has 0 saturated heterocycles. The molecule has 1 rings (SSSR count). The Morgan fingerprint density at radius 1 is 1.30 bits per heavy atom. The first-order valence-electron chi connectivity index (χ1n) is 7.27. The van der Waals surface area contributed by atoms with Gasteiger partial charge in [0, 0.05) is 26.3 Å². The lowest BCUT2D eigenvalue weighted by molar-refractivity contribution is -0.208. The Kier molecular flexibility index (Phi) is 7.98. The van der Waals surface area contributed by atoms with Gasteiger partial charge in [-0.3, -0.25) is 19.3 Å². The second-order valence-electron chi connectivity index (χ2n) is 5.07. The van der Waals surface area contributed by atoms with Crippen LogP contribution in [-0.4, -0.2) is 60.2 Å². The van der Waals surface area contributed by atoms with Crippen molar-refractivity contribution in [1.29, 1.82) is 0 Å². The average Bonchev–Trinajstić information content (AvgIpc) is 2.57. The van der Waals surface area contributed by atoms with Gasteiger partial charge in [-0.2, -0.15) is 13.2 Å². The third-order valence-electron chi connectivity index (χ3n) is 3.20. The lowest BCUT2D eigenvalue weighted by atomic mass is 10.1. The number of carbonyl (C=O) groups is 3. The van der Waals surface area contributed by atoms with Crippen molar-refractivity contribution in [2.45, 2.75) is 25.4 Å². The molecule has 2 unspecified atom stereocenters. The fraction of sp³-hybridized carbons (Fsp3) is 0.467. The van der Waals surface area contributed by atoms with Gasteiger partial charge in [-0.1, -0.05) is 0 Å². The molecule has 0 spiro atoms. The molecule has 1 amide bonds. The van der Waals surface area contributed by atoms with E-state index in [-0.39, 0.29) is 16.3 Å². The number of alkyl halides is 3. The smallest absolute Gasteiger partial charge is 0.471 e. The standard InChI is InChI=1S/C15H16ClF3N2O6/c1-8(22)27-13(21(7-10(16)23)14(24)15(17,18)19)12(26-3)9-4-5-20-11(6-9)25-2/h4-6,12-13H,7H2,1-3H3. The maximum Gasteiger partial charge on any atom is 0.471 e. The summed E-state index contributed by atoms with van der Waals surface area (Å²) in [5.41, 5.74) is 0.178. The Morgan fingerprint density at radius 2 is 1.93 bits per heavy atom. The van der Waals surface area contributed by atoms with Crippen LogP contribution < -0.4 is 4.74 Å². The SMILES string of the molecule is COc1cc(C(OC)C(OC(C)=O)N(CC(=O)Cl)C(=O)C(F)(F)F)ccn1. The highest BCUT2D eigenvalue weighted by Crippen LogP contribution is 2.30. The minimum Gasteiger partial charge on any atom is -0.481 e. The maximum atomic E-state index is 13.0. The number of hydrogen-bond acceptors (Lipinski definition) is 7. The van der Waals surface area contributed by atoms with E-state index in [1.165, 1.54) is 25.4 Å². The molecule has 2 atom stereocenters. The highest BCUT2D eigenvalue weighted by molar-refractivity contribution is 6.64. The van der Waals surface area contributed by atoms with E-state index in [0.29, 0.717) is 0 Å². The summed E-state index contributed by atoms with van der Waals surface area (Å²) in [5, 5.41) is -1.27. The van der Waals surface area contributed by atoms with E-state index < -0.39 is 42.2 Å². The lowest BCUT2D eigenvalue weighted by Crippen LogP contribution is -2.52. The van der Waals surface area contributed by atoms with Crippen LogP contribution in [0.15, 0.2) is 18.3 Å². The molecule has 1 heterocycles. The Morgan fingerprint density at radius 3 is 2.37 bits per heavy atom. The summed E-state index contributed by atoms with van der Waals surface area (Å²) in [6.45, 7) is -0.245. The fourth-order valence-corrected chi connectivity index (χ4v) is 2.29. The van der Waals surface area contributed by atoms with Crippen LogP contribution in [0, 0.1) is 0 Å². The van der Waals surface area contributed by atoms with Crippen molar-refractivity contribution < 1.29 is 41.8 Å². The van der Waals surface area contributed by atoms with Crippen molar-refractivity contribution in [3.8, 4) is 5.88 Å². The van der Waals surface area contributed by atoms with Crippen LogP contribution in [0.2, 0.25) is 0 Å². The second-order valence-corrected chi connectivity index (χ2v) is 5.50. The minimum absolute atomic E-state index is 0.0161. The Hall–Kier alpha value is -2.40. The number of aromatic nitrogens is 1. The van der Waals surface area contributed by atoms with Gasteiger partial charge in [0.05, 0.1) is 13.7 Å². The van der Waals surface area contributed by atoms with Gasteiger partial charge in [0.25, 0.3) is 0 Å². The molecule has 27 heavy (non-hydrogen) atoms. The largest absolute Gasteiger partial charge is 0.481 e. The molecular weight excluding hydrogens is 397 g/mol. The number of hydrogen-bond donors (Lipinski definition) is 0. The van der Waals surface area contributed by atoms with Crippen molar-refractivity contribution in [1.82, 2.24) is 9.88 Å². The molecule has 0 bridgehead atoms. The molecule has 8 nitrogen and oxygen atoms in total. The number of rotatable bonds is 8. The number of esters is 1. The maximum absolute atomic E-state index is 13.0. The monoisotopic (exact) mass is 412 g/mol. The first kappa shape index (κ1) is 22.6. The molecule has 1 aromatic heterocycles. The highest BCUT2D eigenvalue weighted by atomic mass is 35.5. The molecule has 1 aromatic rings. The van der Waals surface area contributed by atoms with Crippen molar-refractivity contribution in [3.05, 3.63) is 23.9 Å². The molecule has 0 aliphatic carbocycles. The third-order valence-corrected chi connectivity index (χ3v) is 3.32. The molecule has 0 fully saturated rings. The van der Waals surface area contributed by atoms with Crippen molar-refractivity contribution >= 4 is 28.7 Å². The first-order valence-corrected chi connectivity index (χ1v) is 7.65. The number of pyridine rings is 1. The second kappa shape index (κ2) is 9.51. The highest BCUT2D eigenvalue weighted by Gasteiger charge is 2.48. The van der Waals surface area contributed by atoms with E-state index in [0.717, 1.165) is 14.0 Å². The van der Waals surface area contributed by atoms with Crippen LogP contribution in [0.3, 0.4) is 0 Å². The van der Waals surface area contributed by atoms with E-state index >= 15 is 0 Å². The van der Waals surface area contributed by atoms with Gasteiger partial charge in [-0.15, -0.1) is 0 Å². The molecule has 0 radical (unpaired) electrons. The molecular formula is C15H16ClF3N2O6. The number of halogens is 4. The summed E-state index contributed by atoms with van der Waals surface area (Å²) in [4.78, 5) is 38.3. The normalized spacial score (nSPS) is 13.4. The Balaban J connectivity index is 3.45. The number of nitrogens with zero attached hydrogens (tertiary/aromatic N) is 2. The van der Waals surface area contributed by atoms with Gasteiger partial charge in [0.1, 0.15) is 6.10 Å². The number of methoxy groups -OCH3 is 2. The molecule has 150 valence electrons. The van der Waals surface area contributed by atoms with Crippen molar-refractivity contribution in [2.24, 2.45) is 0 Å². The predicted octanol–water partition coefficient (Wildman–Crippen LogP) is 1.82. The molecule has 0 aliphatic rings. The third kappa shape index (κ3) is 6.36. The zero-order valence-corrected chi connectivity index (χ0v) is 15.2. The summed E-state index contributed by atoms with van der Waals surface area (Å²) in [6, 6.07) is 2.66. The van der Waals surface area contributed by atoms with E-state index in [2.05, 4.69) is 4.98 Å². The van der Waals surface area contributed by atoms with Gasteiger partial charge in [0.15, 0.2) is 0 Å².